The van der Waals surface area contributed by atoms with E-state index in [9.17, 15) is 9.59 Å². The molecule has 1 aromatic rings. The van der Waals surface area contributed by atoms with E-state index in [1.165, 1.54) is 6.92 Å². The van der Waals surface area contributed by atoms with Gasteiger partial charge in [0.1, 0.15) is 18.3 Å². The quantitative estimate of drug-likeness (QED) is 0.0983. The first-order valence-electron chi connectivity index (χ1n) is 19.6. The molecule has 0 spiro atoms. The van der Waals surface area contributed by atoms with Crippen molar-refractivity contribution in [1.29, 1.82) is 0 Å². The van der Waals surface area contributed by atoms with Crippen molar-refractivity contribution in [2.45, 2.75) is 193 Å². The van der Waals surface area contributed by atoms with Crippen LogP contribution in [0.25, 0.3) is 0 Å². The minimum absolute atomic E-state index is 0.0586. The molecule has 2 rings (SSSR count). The summed E-state index contributed by atoms with van der Waals surface area (Å²) in [4.78, 5) is 25.8. The summed E-state index contributed by atoms with van der Waals surface area (Å²) in [5, 5.41) is -0.326. The summed E-state index contributed by atoms with van der Waals surface area (Å²) < 4.78 is 41.7. The first-order chi connectivity index (χ1) is 23.8. The Labute approximate surface area is 327 Å². The summed E-state index contributed by atoms with van der Waals surface area (Å²) in [5.41, 5.74) is 2.80. The van der Waals surface area contributed by atoms with Crippen molar-refractivity contribution in [3.63, 3.8) is 0 Å². The van der Waals surface area contributed by atoms with Crippen LogP contribution in [0.1, 0.15) is 92.4 Å². The highest BCUT2D eigenvalue weighted by Crippen LogP contribution is 2.46. The van der Waals surface area contributed by atoms with E-state index in [4.69, 9.17) is 27.5 Å². The molecule has 0 aliphatic carbocycles. The van der Waals surface area contributed by atoms with Gasteiger partial charge in [-0.3, -0.25) is 4.79 Å². The zero-order chi connectivity index (χ0) is 41.0. The minimum Gasteiger partial charge on any atom is -0.466 e. The lowest BCUT2D eigenvalue weighted by Gasteiger charge is -2.54. The number of carbonyl (C=O) groups excluding carboxylic acids is 2. The van der Waals surface area contributed by atoms with Crippen LogP contribution in [0.5, 0.6) is 0 Å². The normalized spacial score (nSPS) is 23.2. The molecule has 0 aromatic heterocycles. The Hall–Kier alpha value is -1.39. The number of hydrogen-bond acceptors (Lipinski definition) is 8. The molecule has 8 nitrogen and oxygen atoms in total. The van der Waals surface area contributed by atoms with E-state index in [0.29, 0.717) is 18.4 Å². The van der Waals surface area contributed by atoms with Crippen LogP contribution in [0, 0.1) is 0 Å². The van der Waals surface area contributed by atoms with Crippen molar-refractivity contribution < 1.29 is 37.1 Å². The minimum atomic E-state index is -2.52. The summed E-state index contributed by atoms with van der Waals surface area (Å²) in [6.45, 7) is 42.3. The van der Waals surface area contributed by atoms with Gasteiger partial charge < -0.3 is 27.5 Å². The smallest absolute Gasteiger partial charge is 0.338 e. The largest absolute Gasteiger partial charge is 0.466 e. The highest BCUT2D eigenvalue weighted by molar-refractivity contribution is 6.81. The van der Waals surface area contributed by atoms with Crippen molar-refractivity contribution in [1.82, 2.24) is 0 Å². The molecule has 304 valence electrons. The van der Waals surface area contributed by atoms with Gasteiger partial charge in [0.15, 0.2) is 31.1 Å². The van der Waals surface area contributed by atoms with E-state index < -0.39 is 75.6 Å². The van der Waals surface area contributed by atoms with Gasteiger partial charge in [-0.1, -0.05) is 112 Å². The Morgan fingerprint density at radius 3 is 1.68 bits per heavy atom. The van der Waals surface area contributed by atoms with E-state index in [2.05, 4.69) is 133 Å². The second kappa shape index (κ2) is 17.8. The van der Waals surface area contributed by atoms with Crippen LogP contribution in [-0.2, 0) is 32.3 Å². The van der Waals surface area contributed by atoms with Gasteiger partial charge in [-0.15, -0.1) is 0 Å². The SMILES string of the molecule is CC(=O)OCCCC1OC([C@H](C=C[Si](C)(C)C)O[Si](C)(C)C(C)(C)C)C(O[Si](C)(C)C(C)(C)C)C(O[Si](C)(C)C(C)(C)C)C1OC(=O)c1ccccc1. The summed E-state index contributed by atoms with van der Waals surface area (Å²) in [5.74, 6) is -0.772. The highest BCUT2D eigenvalue weighted by atomic mass is 28.4. The first-order valence-corrected chi connectivity index (χ1v) is 31.9. The lowest BCUT2D eigenvalue weighted by atomic mass is 9.90. The van der Waals surface area contributed by atoms with Crippen molar-refractivity contribution in [2.24, 2.45) is 0 Å². The number of ether oxygens (including phenoxy) is 3. The van der Waals surface area contributed by atoms with Gasteiger partial charge in [0.05, 0.1) is 32.5 Å². The van der Waals surface area contributed by atoms with Gasteiger partial charge in [-0.05, 0) is 79.4 Å². The number of carbonyl (C=O) groups is 2. The van der Waals surface area contributed by atoms with Gasteiger partial charge in [-0.25, -0.2) is 4.79 Å². The average molecular weight is 809 g/mol. The molecule has 0 bridgehead atoms. The maximum Gasteiger partial charge on any atom is 0.338 e. The van der Waals surface area contributed by atoms with Gasteiger partial charge in [-0.2, -0.15) is 0 Å². The van der Waals surface area contributed by atoms with E-state index in [1.807, 2.05) is 18.2 Å². The third kappa shape index (κ3) is 13.6. The average Bonchev–Trinajstić information content (AvgIpc) is 2.97. The van der Waals surface area contributed by atoms with Gasteiger partial charge in [0.2, 0.25) is 0 Å². The summed E-state index contributed by atoms with van der Waals surface area (Å²) >= 11 is 0. The van der Waals surface area contributed by atoms with E-state index in [1.54, 1.807) is 12.1 Å². The fraction of sp³-hybridized carbons (Fsp3) is 0.756. The molecular formula is C41H76O8Si4. The van der Waals surface area contributed by atoms with Crippen molar-refractivity contribution in [3.8, 4) is 0 Å². The molecule has 0 N–H and O–H groups in total. The molecule has 0 saturated carbocycles. The maximum absolute atomic E-state index is 14.0. The maximum atomic E-state index is 14.0. The van der Waals surface area contributed by atoms with E-state index in [-0.39, 0.29) is 27.7 Å². The lowest BCUT2D eigenvalue weighted by Crippen LogP contribution is -2.68. The van der Waals surface area contributed by atoms with Gasteiger partial charge in [0, 0.05) is 6.92 Å². The fourth-order valence-corrected chi connectivity index (χ4v) is 9.88. The molecule has 12 heteroatoms. The van der Waals surface area contributed by atoms with Crippen LogP contribution in [0.4, 0.5) is 0 Å². The first kappa shape index (κ1) is 47.8. The van der Waals surface area contributed by atoms with Gasteiger partial charge in [0.25, 0.3) is 0 Å². The molecular weight excluding hydrogens is 733 g/mol. The molecule has 1 aliphatic heterocycles. The molecule has 53 heavy (non-hydrogen) atoms. The predicted molar refractivity (Wildman–Crippen MR) is 229 cm³/mol. The Bertz CT molecular complexity index is 1370. The number of rotatable bonds is 15. The standard InChI is InChI=1S/C41H76O8Si4/c1-30(42)44-28-23-26-32-34(46-38(43)31-24-21-20-22-25-31)36(48-52(16,17)40(5,6)7)37(49-53(18,19)41(8,9)10)35(45-32)33(27-29-50(11,12)13)47-51(14,15)39(2,3)4/h20-22,24-25,27,29,32-37H,23,26,28H2,1-19H3/t32?,33-,34?,35?,36?,37?/m0/s1. The third-order valence-corrected chi connectivity index (χ3v) is 26.3. The van der Waals surface area contributed by atoms with Crippen molar-refractivity contribution >= 4 is 45.0 Å². The molecule has 1 saturated heterocycles. The number of esters is 2. The molecule has 0 radical (unpaired) electrons. The molecule has 1 aliphatic rings. The van der Waals surface area contributed by atoms with Crippen LogP contribution >= 0.6 is 0 Å². The summed E-state index contributed by atoms with van der Waals surface area (Å²) in [7, 11) is -9.07. The zero-order valence-electron chi connectivity index (χ0n) is 36.9. The lowest BCUT2D eigenvalue weighted by molar-refractivity contribution is -0.230. The van der Waals surface area contributed by atoms with Crippen molar-refractivity contribution in [2.75, 3.05) is 6.61 Å². The molecule has 0 amide bonds. The summed E-state index contributed by atoms with van der Waals surface area (Å²) in [6, 6.07) is 9.08. The second-order valence-electron chi connectivity index (χ2n) is 20.6. The molecule has 1 heterocycles. The monoisotopic (exact) mass is 808 g/mol. The zero-order valence-corrected chi connectivity index (χ0v) is 40.9. The molecule has 5 unspecified atom stereocenters. The Morgan fingerprint density at radius 2 is 1.23 bits per heavy atom. The Balaban J connectivity index is 2.99. The Morgan fingerprint density at radius 1 is 0.736 bits per heavy atom. The fourth-order valence-electron chi connectivity index (χ4n) is 5.27. The predicted octanol–water partition coefficient (Wildman–Crippen LogP) is 10.9. The van der Waals surface area contributed by atoms with Gasteiger partial charge >= 0.3 is 11.9 Å². The van der Waals surface area contributed by atoms with Crippen molar-refractivity contribution in [3.05, 3.63) is 47.7 Å². The summed E-state index contributed by atoms with van der Waals surface area (Å²) in [6.07, 6.45) is -0.408. The third-order valence-electron chi connectivity index (χ3n) is 11.7. The molecule has 1 fully saturated rings. The van der Waals surface area contributed by atoms with Crippen LogP contribution in [0.2, 0.25) is 74.0 Å². The van der Waals surface area contributed by atoms with E-state index >= 15 is 0 Å². The number of hydrogen-bond donors (Lipinski definition) is 0. The number of benzene rings is 1. The second-order valence-corrected chi connectivity index (χ2v) is 39.9. The van der Waals surface area contributed by atoms with Crippen LogP contribution in [0.15, 0.2) is 42.1 Å². The van der Waals surface area contributed by atoms with E-state index in [0.717, 1.165) is 0 Å². The van der Waals surface area contributed by atoms with Crippen LogP contribution in [-0.4, -0.2) is 88.2 Å². The topological polar surface area (TPSA) is 89.5 Å². The van der Waals surface area contributed by atoms with Crippen LogP contribution in [0.3, 0.4) is 0 Å². The highest BCUT2D eigenvalue weighted by Gasteiger charge is 2.57. The molecule has 1 aromatic carbocycles. The molecule has 6 atom stereocenters. The Kier molecular flexibility index (Phi) is 16.1. The van der Waals surface area contributed by atoms with Crippen LogP contribution < -0.4 is 0 Å².